The molecule has 9 nitrogen and oxygen atoms in total. The third-order valence-electron chi connectivity index (χ3n) is 6.29. The summed E-state index contributed by atoms with van der Waals surface area (Å²) in [5.41, 5.74) is 3.44. The Labute approximate surface area is 221 Å². The summed E-state index contributed by atoms with van der Waals surface area (Å²) in [6.07, 6.45) is 5.61. The first-order valence-corrected chi connectivity index (χ1v) is 15.4. The van der Waals surface area contributed by atoms with Crippen molar-refractivity contribution in [2.75, 3.05) is 30.9 Å². The summed E-state index contributed by atoms with van der Waals surface area (Å²) >= 11 is 0. The number of benzene rings is 2. The van der Waals surface area contributed by atoms with Gasteiger partial charge in [0.05, 0.1) is 23.8 Å². The lowest BCUT2D eigenvalue weighted by Gasteiger charge is -2.21. The maximum absolute atomic E-state index is 13.6. The van der Waals surface area contributed by atoms with E-state index in [2.05, 4.69) is 10.0 Å². The van der Waals surface area contributed by atoms with Gasteiger partial charge in [-0.1, -0.05) is 30.3 Å². The van der Waals surface area contributed by atoms with E-state index in [1.54, 1.807) is 42.5 Å². The molecule has 1 amide bonds. The van der Waals surface area contributed by atoms with Crippen molar-refractivity contribution in [3.63, 3.8) is 0 Å². The lowest BCUT2D eigenvalue weighted by Crippen LogP contribution is -2.25. The molecule has 0 aliphatic heterocycles. The number of sulfonamides is 2. The van der Waals surface area contributed by atoms with E-state index in [0.29, 0.717) is 51.1 Å². The fourth-order valence-corrected chi connectivity index (χ4v) is 5.13. The average Bonchev–Trinajstić information content (AvgIpc) is 3.24. The summed E-state index contributed by atoms with van der Waals surface area (Å²) in [7, 11) is -4.12. The number of hydrogen-bond donors (Lipinski definition) is 2. The number of amides is 1. The molecular formula is C26H28FN3O6S2. The first kappa shape index (κ1) is 27.6. The summed E-state index contributed by atoms with van der Waals surface area (Å²) in [5.74, 6) is -0.358. The van der Waals surface area contributed by atoms with Gasteiger partial charge >= 0.3 is 0 Å². The molecule has 12 heteroatoms. The van der Waals surface area contributed by atoms with Crippen molar-refractivity contribution in [2.45, 2.75) is 19.4 Å². The van der Waals surface area contributed by atoms with Gasteiger partial charge in [0.1, 0.15) is 17.2 Å². The average molecular weight is 562 g/mol. The number of carbonyl (C=O) groups excluding carboxylic acids is 1. The Hall–Kier alpha value is -3.48. The van der Waals surface area contributed by atoms with Gasteiger partial charge < -0.3 is 9.73 Å². The second-order valence-electron chi connectivity index (χ2n) is 9.08. The van der Waals surface area contributed by atoms with Crippen LogP contribution in [0, 0.1) is 0 Å². The molecule has 38 heavy (non-hydrogen) atoms. The molecule has 1 aromatic heterocycles. The Morgan fingerprint density at radius 3 is 2.29 bits per heavy atom. The van der Waals surface area contributed by atoms with E-state index in [1.807, 2.05) is 0 Å². The zero-order chi connectivity index (χ0) is 27.8. The van der Waals surface area contributed by atoms with E-state index in [4.69, 9.17) is 4.42 Å². The number of nitrogens with zero attached hydrogens (tertiary/aromatic N) is 1. The highest BCUT2D eigenvalue weighted by Gasteiger charge is 2.27. The van der Waals surface area contributed by atoms with E-state index in [9.17, 15) is 26.0 Å². The van der Waals surface area contributed by atoms with Crippen molar-refractivity contribution >= 4 is 48.2 Å². The topological polar surface area (TPSA) is 126 Å². The van der Waals surface area contributed by atoms with Crippen LogP contribution in [0.4, 0.5) is 10.1 Å². The Balaban J connectivity index is 1.93. The Morgan fingerprint density at radius 1 is 1.05 bits per heavy atom. The molecule has 0 saturated carbocycles. The number of hydrogen-bond acceptors (Lipinski definition) is 6. The number of fused-ring (bicyclic) bond motifs is 1. The first-order chi connectivity index (χ1) is 17.8. The number of allylic oxidation sites excluding steroid dienone is 4. The number of halogens is 1. The number of carbonyl (C=O) groups is 1. The van der Waals surface area contributed by atoms with Crippen molar-refractivity contribution in [2.24, 2.45) is 0 Å². The van der Waals surface area contributed by atoms with Crippen LogP contribution in [-0.4, -0.2) is 49.3 Å². The van der Waals surface area contributed by atoms with E-state index < -0.39 is 26.0 Å². The first-order valence-electron chi connectivity index (χ1n) is 11.6. The molecular weight excluding hydrogens is 533 g/mol. The molecule has 3 aromatic rings. The normalized spacial score (nSPS) is 14.2. The Kier molecular flexibility index (Phi) is 7.51. The van der Waals surface area contributed by atoms with E-state index in [-0.39, 0.29) is 24.4 Å². The predicted molar refractivity (Wildman–Crippen MR) is 146 cm³/mol. The van der Waals surface area contributed by atoms with Gasteiger partial charge in [-0.05, 0) is 35.3 Å². The third kappa shape index (κ3) is 5.82. The minimum absolute atomic E-state index is 0.101. The van der Waals surface area contributed by atoms with Gasteiger partial charge in [0.2, 0.25) is 20.0 Å². The highest BCUT2D eigenvalue weighted by molar-refractivity contribution is 7.92. The molecule has 0 bridgehead atoms. The van der Waals surface area contributed by atoms with Crippen molar-refractivity contribution in [1.82, 2.24) is 10.0 Å². The fourth-order valence-electron chi connectivity index (χ4n) is 4.20. The van der Waals surface area contributed by atoms with Crippen LogP contribution in [-0.2, 0) is 26.6 Å². The summed E-state index contributed by atoms with van der Waals surface area (Å²) < 4.78 is 71.2. The van der Waals surface area contributed by atoms with Crippen LogP contribution in [0.5, 0.6) is 0 Å². The van der Waals surface area contributed by atoms with Gasteiger partial charge in [-0.15, -0.1) is 0 Å². The molecule has 0 fully saturated rings. The molecule has 0 saturated heterocycles. The molecule has 4 rings (SSSR count). The van der Waals surface area contributed by atoms with Crippen LogP contribution in [0.1, 0.15) is 34.5 Å². The quantitative estimate of drug-likeness (QED) is 0.429. The van der Waals surface area contributed by atoms with Gasteiger partial charge in [-0.3, -0.25) is 9.10 Å². The molecule has 0 unspecified atom stereocenters. The van der Waals surface area contributed by atoms with Gasteiger partial charge in [-0.2, -0.15) is 0 Å². The highest BCUT2D eigenvalue weighted by Crippen LogP contribution is 2.41. The van der Waals surface area contributed by atoms with Crippen LogP contribution in [0.3, 0.4) is 0 Å². The molecule has 1 heterocycles. The summed E-state index contributed by atoms with van der Waals surface area (Å²) in [5, 5.41) is 3.10. The maximum atomic E-state index is 13.6. The molecule has 0 spiro atoms. The second kappa shape index (κ2) is 10.4. The predicted octanol–water partition coefficient (Wildman–Crippen LogP) is 3.94. The van der Waals surface area contributed by atoms with E-state index in [0.717, 1.165) is 16.8 Å². The molecule has 2 aromatic carbocycles. The summed E-state index contributed by atoms with van der Waals surface area (Å²) in [6, 6.07) is 10.2. The number of nitrogens with one attached hydrogen (secondary N) is 2. The lowest BCUT2D eigenvalue weighted by molar-refractivity contribution is 0.0963. The van der Waals surface area contributed by atoms with Crippen molar-refractivity contribution in [1.29, 1.82) is 0 Å². The zero-order valence-electron chi connectivity index (χ0n) is 21.3. The second-order valence-corrected chi connectivity index (χ2v) is 12.9. The minimum atomic E-state index is -3.66. The molecule has 2 N–H and O–H groups in total. The standard InChI is InChI=1S/C26H28FN3O6S2/c1-28-26(31)24-21-13-20(17-7-5-16(6-8-17)15-29-37(3,32)33)22(30(2)38(4,34)35)14-23(21)36-25(24)18-9-11-19(27)12-10-18/h5-9,11,13-14,29H,10,12,15H2,1-4H3,(H,28,31). The van der Waals surface area contributed by atoms with Gasteiger partial charge in [-0.25, -0.2) is 25.9 Å². The number of rotatable bonds is 8. The molecule has 0 radical (unpaired) electrons. The number of anilines is 1. The maximum Gasteiger partial charge on any atom is 0.255 e. The van der Waals surface area contributed by atoms with Crippen molar-refractivity contribution in [3.05, 3.63) is 71.3 Å². The van der Waals surface area contributed by atoms with Crippen LogP contribution < -0.4 is 14.3 Å². The molecule has 0 atom stereocenters. The van der Waals surface area contributed by atoms with Crippen LogP contribution >= 0.6 is 0 Å². The summed E-state index contributed by atoms with van der Waals surface area (Å²) in [4.78, 5) is 13.0. The SMILES string of the molecule is CNC(=O)c1c(C2=CC=C(F)CC2)oc2cc(N(C)S(C)(=O)=O)c(-c3ccc(CNS(C)(=O)=O)cc3)cc12. The monoisotopic (exact) mass is 561 g/mol. The van der Waals surface area contributed by atoms with Gasteiger partial charge in [0.15, 0.2) is 0 Å². The lowest BCUT2D eigenvalue weighted by atomic mass is 9.95. The number of furan rings is 1. The molecule has 202 valence electrons. The van der Waals surface area contributed by atoms with Crippen molar-refractivity contribution in [3.8, 4) is 11.1 Å². The van der Waals surface area contributed by atoms with Gasteiger partial charge in [0.25, 0.3) is 5.91 Å². The minimum Gasteiger partial charge on any atom is -0.455 e. The summed E-state index contributed by atoms with van der Waals surface area (Å²) in [6.45, 7) is 0.101. The Morgan fingerprint density at radius 2 is 1.74 bits per heavy atom. The van der Waals surface area contributed by atoms with Crippen LogP contribution in [0.15, 0.2) is 58.8 Å². The Bertz CT molecular complexity index is 1690. The zero-order valence-corrected chi connectivity index (χ0v) is 23.0. The van der Waals surface area contributed by atoms with Crippen LogP contribution in [0.25, 0.3) is 27.7 Å². The smallest absolute Gasteiger partial charge is 0.255 e. The molecule has 1 aliphatic carbocycles. The third-order valence-corrected chi connectivity index (χ3v) is 8.15. The van der Waals surface area contributed by atoms with Crippen molar-refractivity contribution < 1.29 is 30.4 Å². The van der Waals surface area contributed by atoms with Crippen LogP contribution in [0.2, 0.25) is 0 Å². The van der Waals surface area contributed by atoms with Gasteiger partial charge in [0, 0.05) is 44.1 Å². The molecule has 1 aliphatic rings. The van der Waals surface area contributed by atoms with E-state index in [1.165, 1.54) is 20.2 Å². The fraction of sp³-hybridized carbons (Fsp3) is 0.269. The highest BCUT2D eigenvalue weighted by atomic mass is 32.2. The van der Waals surface area contributed by atoms with E-state index >= 15 is 0 Å². The largest absolute Gasteiger partial charge is 0.455 e.